The van der Waals surface area contributed by atoms with E-state index in [0.29, 0.717) is 0 Å². The van der Waals surface area contributed by atoms with Gasteiger partial charge < -0.3 is 14.4 Å². The van der Waals surface area contributed by atoms with Crippen LogP contribution in [0.4, 0.5) is 22.0 Å². The standard InChI is InChI=1S/C12H13F5O3Si/c13-8-7(9(14)11(16)12(17)10(8)15)5-1-3-6(4-2-5)21(18,19)20/h5-6,18-20H,1-4H2. The third kappa shape index (κ3) is 2.96. The molecular formula is C12H13F5O3Si. The van der Waals surface area contributed by atoms with E-state index in [1.54, 1.807) is 0 Å². The molecular weight excluding hydrogens is 315 g/mol. The molecule has 1 aliphatic carbocycles. The van der Waals surface area contributed by atoms with Gasteiger partial charge in [-0.3, -0.25) is 0 Å². The van der Waals surface area contributed by atoms with Crippen LogP contribution in [0.25, 0.3) is 0 Å². The number of hydrogen-bond acceptors (Lipinski definition) is 3. The molecule has 1 aliphatic rings. The maximum absolute atomic E-state index is 13.7. The Bertz CT molecular complexity index is 524. The molecule has 3 nitrogen and oxygen atoms in total. The van der Waals surface area contributed by atoms with E-state index >= 15 is 0 Å². The number of hydrogen-bond donors (Lipinski definition) is 3. The van der Waals surface area contributed by atoms with Gasteiger partial charge in [-0.25, -0.2) is 22.0 Å². The Morgan fingerprint density at radius 2 is 1.05 bits per heavy atom. The van der Waals surface area contributed by atoms with Crippen molar-refractivity contribution in [3.05, 3.63) is 34.6 Å². The van der Waals surface area contributed by atoms with Gasteiger partial charge in [-0.2, -0.15) is 0 Å². The zero-order chi connectivity index (χ0) is 15.9. The van der Waals surface area contributed by atoms with E-state index in [1.165, 1.54) is 0 Å². The maximum Gasteiger partial charge on any atom is 0.496 e. The highest BCUT2D eigenvalue weighted by Gasteiger charge is 2.42. The average Bonchev–Trinajstić information content (AvgIpc) is 2.43. The molecule has 2 rings (SSSR count). The van der Waals surface area contributed by atoms with Crippen molar-refractivity contribution in [1.29, 1.82) is 0 Å². The smallest absolute Gasteiger partial charge is 0.390 e. The van der Waals surface area contributed by atoms with Crippen molar-refractivity contribution in [2.75, 3.05) is 0 Å². The van der Waals surface area contributed by atoms with Crippen LogP contribution in [-0.4, -0.2) is 23.2 Å². The summed E-state index contributed by atoms with van der Waals surface area (Å²) in [6.45, 7) is 0. The van der Waals surface area contributed by atoms with E-state index in [-0.39, 0.29) is 25.7 Å². The summed E-state index contributed by atoms with van der Waals surface area (Å²) in [6.07, 6.45) is 0.0820. The predicted octanol–water partition coefficient (Wildman–Crippen LogP) is 2.33. The zero-order valence-electron chi connectivity index (χ0n) is 10.7. The predicted molar refractivity (Wildman–Crippen MR) is 63.6 cm³/mol. The second kappa shape index (κ2) is 5.63. The Kier molecular flexibility index (Phi) is 4.38. The number of halogens is 5. The molecule has 0 heterocycles. The highest BCUT2D eigenvalue weighted by molar-refractivity contribution is 6.58. The zero-order valence-corrected chi connectivity index (χ0v) is 11.7. The van der Waals surface area contributed by atoms with Gasteiger partial charge in [0.1, 0.15) is 0 Å². The monoisotopic (exact) mass is 328 g/mol. The maximum atomic E-state index is 13.7. The van der Waals surface area contributed by atoms with Crippen molar-refractivity contribution in [3.8, 4) is 0 Å². The summed E-state index contributed by atoms with van der Waals surface area (Å²) < 4.78 is 66.6. The first-order valence-electron chi connectivity index (χ1n) is 6.33. The van der Waals surface area contributed by atoms with Crippen molar-refractivity contribution < 1.29 is 36.3 Å². The van der Waals surface area contributed by atoms with Crippen LogP contribution in [0.1, 0.15) is 37.2 Å². The van der Waals surface area contributed by atoms with Crippen LogP contribution in [0.5, 0.6) is 0 Å². The molecule has 0 atom stereocenters. The van der Waals surface area contributed by atoms with Crippen LogP contribution in [0, 0.1) is 29.1 Å². The second-order valence-electron chi connectivity index (χ2n) is 5.22. The van der Waals surface area contributed by atoms with Crippen molar-refractivity contribution in [1.82, 2.24) is 0 Å². The number of benzene rings is 1. The summed E-state index contributed by atoms with van der Waals surface area (Å²) in [6, 6.07) is 0. The van der Waals surface area contributed by atoms with E-state index in [1.807, 2.05) is 0 Å². The van der Waals surface area contributed by atoms with Crippen LogP contribution in [-0.2, 0) is 0 Å². The molecule has 1 saturated carbocycles. The van der Waals surface area contributed by atoms with Gasteiger partial charge in [-0.1, -0.05) is 0 Å². The lowest BCUT2D eigenvalue weighted by atomic mass is 9.83. The fourth-order valence-electron chi connectivity index (χ4n) is 2.75. The van der Waals surface area contributed by atoms with Gasteiger partial charge in [0.15, 0.2) is 23.3 Å². The average molecular weight is 328 g/mol. The summed E-state index contributed by atoms with van der Waals surface area (Å²) >= 11 is 0. The molecule has 1 aromatic carbocycles. The quantitative estimate of drug-likeness (QED) is 0.338. The highest BCUT2D eigenvalue weighted by atomic mass is 28.4. The summed E-state index contributed by atoms with van der Waals surface area (Å²) in [4.78, 5) is 27.5. The van der Waals surface area contributed by atoms with Crippen LogP contribution < -0.4 is 0 Å². The van der Waals surface area contributed by atoms with Crippen molar-refractivity contribution in [3.63, 3.8) is 0 Å². The Balaban J connectivity index is 2.29. The second-order valence-corrected chi connectivity index (χ2v) is 7.41. The van der Waals surface area contributed by atoms with Crippen LogP contribution in [0.15, 0.2) is 0 Å². The van der Waals surface area contributed by atoms with Gasteiger partial charge in [0.2, 0.25) is 5.82 Å². The van der Waals surface area contributed by atoms with E-state index in [9.17, 15) is 22.0 Å². The van der Waals surface area contributed by atoms with Gasteiger partial charge in [0, 0.05) is 11.1 Å². The third-order valence-corrected chi connectivity index (χ3v) is 5.60. The molecule has 0 spiro atoms. The van der Waals surface area contributed by atoms with Crippen molar-refractivity contribution in [2.24, 2.45) is 0 Å². The lowest BCUT2D eigenvalue weighted by Crippen LogP contribution is -2.42. The molecule has 9 heteroatoms. The van der Waals surface area contributed by atoms with Crippen molar-refractivity contribution >= 4 is 8.80 Å². The van der Waals surface area contributed by atoms with Crippen LogP contribution in [0.3, 0.4) is 0 Å². The van der Waals surface area contributed by atoms with Crippen molar-refractivity contribution in [2.45, 2.75) is 37.1 Å². The molecule has 0 amide bonds. The molecule has 118 valence electrons. The van der Waals surface area contributed by atoms with Gasteiger partial charge in [-0.15, -0.1) is 0 Å². The fourth-order valence-corrected chi connectivity index (χ4v) is 3.86. The molecule has 1 fully saturated rings. The molecule has 0 saturated heterocycles. The van der Waals surface area contributed by atoms with Crippen LogP contribution >= 0.6 is 0 Å². The molecule has 0 unspecified atom stereocenters. The largest absolute Gasteiger partial charge is 0.496 e. The first-order valence-corrected chi connectivity index (χ1v) is 8.25. The minimum Gasteiger partial charge on any atom is -0.390 e. The fraction of sp³-hybridized carbons (Fsp3) is 0.500. The van der Waals surface area contributed by atoms with E-state index < -0.39 is 54.9 Å². The van der Waals surface area contributed by atoms with E-state index in [0.717, 1.165) is 0 Å². The summed E-state index contributed by atoms with van der Waals surface area (Å²) in [5.74, 6) is -10.8. The third-order valence-electron chi connectivity index (χ3n) is 3.93. The van der Waals surface area contributed by atoms with Gasteiger partial charge >= 0.3 is 8.80 Å². The Labute approximate surface area is 118 Å². The topological polar surface area (TPSA) is 60.7 Å². The molecule has 0 aromatic heterocycles. The van der Waals surface area contributed by atoms with Gasteiger partial charge in [-0.05, 0) is 31.6 Å². The molecule has 0 bridgehead atoms. The molecule has 0 radical (unpaired) electrons. The molecule has 3 N–H and O–H groups in total. The SMILES string of the molecule is O[Si](O)(O)C1CCC(c2c(F)c(F)c(F)c(F)c2F)CC1. The highest BCUT2D eigenvalue weighted by Crippen LogP contribution is 2.43. The summed E-state index contributed by atoms with van der Waals surface area (Å²) in [5.41, 5.74) is -1.67. The lowest BCUT2D eigenvalue weighted by Gasteiger charge is -2.31. The summed E-state index contributed by atoms with van der Waals surface area (Å²) in [5, 5.41) is 0. The molecule has 0 aliphatic heterocycles. The van der Waals surface area contributed by atoms with Gasteiger partial charge in [0.25, 0.3) is 0 Å². The minimum atomic E-state index is -4.34. The van der Waals surface area contributed by atoms with E-state index in [2.05, 4.69) is 0 Å². The lowest BCUT2D eigenvalue weighted by molar-refractivity contribution is 0.192. The van der Waals surface area contributed by atoms with E-state index in [4.69, 9.17) is 14.4 Å². The Hall–Kier alpha value is -1.03. The first-order chi connectivity index (χ1) is 9.64. The Morgan fingerprint density at radius 1 is 0.667 bits per heavy atom. The van der Waals surface area contributed by atoms with Gasteiger partial charge in [0.05, 0.1) is 0 Å². The van der Waals surface area contributed by atoms with Crippen LogP contribution in [0.2, 0.25) is 5.54 Å². The number of rotatable bonds is 2. The summed E-state index contributed by atoms with van der Waals surface area (Å²) in [7, 11) is -4.34. The molecule has 1 aromatic rings. The Morgan fingerprint density at radius 3 is 1.43 bits per heavy atom. The normalized spacial score (nSPS) is 23.4. The molecule has 21 heavy (non-hydrogen) atoms. The first kappa shape index (κ1) is 16.3. The minimum absolute atomic E-state index is 0.000547.